The molecule has 1 aliphatic heterocycles. The molecule has 0 radical (unpaired) electrons. The van der Waals surface area contributed by atoms with Crippen LogP contribution in [0, 0.1) is 5.92 Å². The van der Waals surface area contributed by atoms with Crippen LogP contribution in [-0.2, 0) is 9.59 Å². The van der Waals surface area contributed by atoms with E-state index in [1.165, 1.54) is 6.42 Å². The Bertz CT molecular complexity index is 241. The monoisotopic (exact) mass is 212 g/mol. The third-order valence-electron chi connectivity index (χ3n) is 2.77. The molecular weight excluding hydrogens is 192 g/mol. The molecule has 0 aromatic heterocycles. The van der Waals surface area contributed by atoms with Gasteiger partial charge in [-0.05, 0) is 18.8 Å². The van der Waals surface area contributed by atoms with Crippen LogP contribution in [0.25, 0.3) is 0 Å². The van der Waals surface area contributed by atoms with E-state index in [1.54, 1.807) is 6.92 Å². The SMILES string of the molecule is CCC(=O)NCC(=O)N1CCCC(C)C1. The Labute approximate surface area is 91.0 Å². The second-order valence-electron chi connectivity index (χ2n) is 4.22. The standard InChI is InChI=1S/C11H20N2O2/c1-3-10(14)12-7-11(15)13-6-4-5-9(2)8-13/h9H,3-8H2,1-2H3,(H,12,14). The largest absolute Gasteiger partial charge is 0.347 e. The highest BCUT2D eigenvalue weighted by Gasteiger charge is 2.20. The molecule has 1 fully saturated rings. The predicted molar refractivity (Wildman–Crippen MR) is 58.3 cm³/mol. The van der Waals surface area contributed by atoms with Gasteiger partial charge in [-0.2, -0.15) is 0 Å². The Kier molecular flexibility index (Phi) is 4.59. The number of nitrogens with zero attached hydrogens (tertiary/aromatic N) is 1. The first-order valence-corrected chi connectivity index (χ1v) is 5.68. The summed E-state index contributed by atoms with van der Waals surface area (Å²) in [5.74, 6) is 0.571. The molecule has 0 aromatic carbocycles. The fourth-order valence-corrected chi connectivity index (χ4v) is 1.83. The molecule has 86 valence electrons. The van der Waals surface area contributed by atoms with Gasteiger partial charge >= 0.3 is 0 Å². The van der Waals surface area contributed by atoms with Crippen LogP contribution in [0.2, 0.25) is 0 Å². The molecule has 1 aliphatic rings. The first kappa shape index (κ1) is 12.0. The van der Waals surface area contributed by atoms with E-state index in [0.29, 0.717) is 12.3 Å². The number of amides is 2. The normalized spacial score (nSPS) is 21.2. The van der Waals surface area contributed by atoms with Crippen molar-refractivity contribution in [3.8, 4) is 0 Å². The van der Waals surface area contributed by atoms with Gasteiger partial charge in [0.05, 0.1) is 6.54 Å². The lowest BCUT2D eigenvalue weighted by molar-refractivity contribution is -0.134. The summed E-state index contributed by atoms with van der Waals surface area (Å²) in [5, 5.41) is 2.61. The molecule has 2 amide bonds. The molecule has 0 bridgehead atoms. The number of carbonyl (C=O) groups is 2. The van der Waals surface area contributed by atoms with Crippen LogP contribution >= 0.6 is 0 Å². The number of likely N-dealkylation sites (tertiary alicyclic amines) is 1. The van der Waals surface area contributed by atoms with Gasteiger partial charge in [-0.3, -0.25) is 9.59 Å². The average Bonchev–Trinajstić information content (AvgIpc) is 2.25. The minimum atomic E-state index is -0.0617. The molecule has 1 heterocycles. The van der Waals surface area contributed by atoms with Crippen LogP contribution in [0.15, 0.2) is 0 Å². The van der Waals surface area contributed by atoms with E-state index in [0.717, 1.165) is 19.5 Å². The minimum absolute atomic E-state index is 0.0448. The van der Waals surface area contributed by atoms with Crippen molar-refractivity contribution >= 4 is 11.8 Å². The van der Waals surface area contributed by atoms with E-state index in [4.69, 9.17) is 0 Å². The van der Waals surface area contributed by atoms with Gasteiger partial charge in [0.2, 0.25) is 11.8 Å². The Hall–Kier alpha value is -1.06. The first-order chi connectivity index (χ1) is 7.13. The molecule has 1 atom stereocenters. The summed E-state index contributed by atoms with van der Waals surface area (Å²) in [4.78, 5) is 24.5. The zero-order valence-electron chi connectivity index (χ0n) is 9.58. The maximum absolute atomic E-state index is 11.7. The highest BCUT2D eigenvalue weighted by atomic mass is 16.2. The average molecular weight is 212 g/mol. The molecule has 1 rings (SSSR count). The van der Waals surface area contributed by atoms with Crippen molar-refractivity contribution in [1.82, 2.24) is 10.2 Å². The van der Waals surface area contributed by atoms with Gasteiger partial charge in [0.15, 0.2) is 0 Å². The second-order valence-corrected chi connectivity index (χ2v) is 4.22. The topological polar surface area (TPSA) is 49.4 Å². The Morgan fingerprint density at radius 3 is 2.80 bits per heavy atom. The predicted octanol–water partition coefficient (Wildman–Crippen LogP) is 0.771. The highest BCUT2D eigenvalue weighted by Crippen LogP contribution is 2.14. The van der Waals surface area contributed by atoms with E-state index in [-0.39, 0.29) is 18.4 Å². The van der Waals surface area contributed by atoms with E-state index in [2.05, 4.69) is 12.2 Å². The van der Waals surface area contributed by atoms with Crippen molar-refractivity contribution in [2.24, 2.45) is 5.92 Å². The van der Waals surface area contributed by atoms with Crippen molar-refractivity contribution in [3.63, 3.8) is 0 Å². The van der Waals surface area contributed by atoms with Crippen LogP contribution in [0.4, 0.5) is 0 Å². The Morgan fingerprint density at radius 1 is 1.47 bits per heavy atom. The van der Waals surface area contributed by atoms with Crippen LogP contribution in [0.3, 0.4) is 0 Å². The maximum atomic E-state index is 11.7. The van der Waals surface area contributed by atoms with Crippen molar-refractivity contribution < 1.29 is 9.59 Å². The van der Waals surface area contributed by atoms with Gasteiger partial charge in [0.25, 0.3) is 0 Å². The van der Waals surface area contributed by atoms with Crippen LogP contribution in [0.5, 0.6) is 0 Å². The number of piperidine rings is 1. The smallest absolute Gasteiger partial charge is 0.241 e. The number of hydrogen-bond acceptors (Lipinski definition) is 2. The van der Waals surface area contributed by atoms with Crippen molar-refractivity contribution in [2.75, 3.05) is 19.6 Å². The van der Waals surface area contributed by atoms with Gasteiger partial charge in [-0.15, -0.1) is 0 Å². The van der Waals surface area contributed by atoms with Crippen molar-refractivity contribution in [1.29, 1.82) is 0 Å². The molecule has 1 N–H and O–H groups in total. The molecule has 1 saturated heterocycles. The van der Waals surface area contributed by atoms with Gasteiger partial charge < -0.3 is 10.2 Å². The molecule has 15 heavy (non-hydrogen) atoms. The van der Waals surface area contributed by atoms with E-state index >= 15 is 0 Å². The van der Waals surface area contributed by atoms with Crippen LogP contribution < -0.4 is 5.32 Å². The van der Waals surface area contributed by atoms with Crippen LogP contribution in [0.1, 0.15) is 33.1 Å². The fraction of sp³-hybridized carbons (Fsp3) is 0.818. The molecule has 1 unspecified atom stereocenters. The first-order valence-electron chi connectivity index (χ1n) is 5.68. The molecular formula is C11H20N2O2. The molecule has 0 spiro atoms. The van der Waals surface area contributed by atoms with Crippen molar-refractivity contribution in [2.45, 2.75) is 33.1 Å². The third kappa shape index (κ3) is 3.90. The van der Waals surface area contributed by atoms with Gasteiger partial charge in [0.1, 0.15) is 0 Å². The lowest BCUT2D eigenvalue weighted by atomic mass is 10.0. The minimum Gasteiger partial charge on any atom is -0.347 e. The second kappa shape index (κ2) is 5.73. The zero-order valence-corrected chi connectivity index (χ0v) is 9.58. The third-order valence-corrected chi connectivity index (χ3v) is 2.77. The summed E-state index contributed by atoms with van der Waals surface area (Å²) >= 11 is 0. The summed E-state index contributed by atoms with van der Waals surface area (Å²) in [7, 11) is 0. The van der Waals surface area contributed by atoms with Crippen molar-refractivity contribution in [3.05, 3.63) is 0 Å². The number of nitrogens with one attached hydrogen (secondary N) is 1. The Morgan fingerprint density at radius 2 is 2.20 bits per heavy atom. The quantitative estimate of drug-likeness (QED) is 0.751. The molecule has 4 heteroatoms. The number of carbonyl (C=O) groups excluding carboxylic acids is 2. The molecule has 0 aliphatic carbocycles. The summed E-state index contributed by atoms with van der Waals surface area (Å²) in [5.41, 5.74) is 0. The van der Waals surface area contributed by atoms with Gasteiger partial charge in [-0.25, -0.2) is 0 Å². The van der Waals surface area contributed by atoms with E-state index < -0.39 is 0 Å². The van der Waals surface area contributed by atoms with E-state index in [9.17, 15) is 9.59 Å². The maximum Gasteiger partial charge on any atom is 0.241 e. The summed E-state index contributed by atoms with van der Waals surface area (Å²) in [6, 6.07) is 0. The lowest BCUT2D eigenvalue weighted by Gasteiger charge is -2.31. The summed E-state index contributed by atoms with van der Waals surface area (Å²) in [6.07, 6.45) is 2.71. The summed E-state index contributed by atoms with van der Waals surface area (Å²) in [6.45, 7) is 5.76. The fourth-order valence-electron chi connectivity index (χ4n) is 1.83. The highest BCUT2D eigenvalue weighted by molar-refractivity contribution is 5.84. The molecule has 4 nitrogen and oxygen atoms in total. The van der Waals surface area contributed by atoms with Crippen LogP contribution in [-0.4, -0.2) is 36.3 Å². The van der Waals surface area contributed by atoms with Gasteiger partial charge in [0, 0.05) is 19.5 Å². The Balaban J connectivity index is 2.30. The molecule has 0 aromatic rings. The summed E-state index contributed by atoms with van der Waals surface area (Å²) < 4.78 is 0. The van der Waals surface area contributed by atoms with E-state index in [1.807, 2.05) is 4.90 Å². The lowest BCUT2D eigenvalue weighted by Crippen LogP contribution is -2.44. The number of hydrogen-bond donors (Lipinski definition) is 1. The zero-order chi connectivity index (χ0) is 11.3. The van der Waals surface area contributed by atoms with Gasteiger partial charge in [-0.1, -0.05) is 13.8 Å². The molecule has 0 saturated carbocycles. The number of rotatable bonds is 3.